The van der Waals surface area contributed by atoms with Crippen molar-refractivity contribution in [1.29, 1.82) is 0 Å². The molecule has 2 aromatic carbocycles. The Balaban J connectivity index is 1.99. The van der Waals surface area contributed by atoms with Crippen LogP contribution in [0.5, 0.6) is 0 Å². The van der Waals surface area contributed by atoms with Gasteiger partial charge in [0, 0.05) is 12.8 Å². The number of amides is 1. The van der Waals surface area contributed by atoms with E-state index < -0.39 is 0 Å². The molecule has 3 aromatic rings. The van der Waals surface area contributed by atoms with E-state index in [1.54, 1.807) is 41.8 Å². The lowest BCUT2D eigenvalue weighted by Gasteiger charge is -2.12. The van der Waals surface area contributed by atoms with Crippen molar-refractivity contribution in [3.8, 4) is 5.69 Å². The van der Waals surface area contributed by atoms with Gasteiger partial charge in [-0.1, -0.05) is 12.1 Å². The number of aryl methyl sites for hydroxylation is 1. The molecule has 0 unspecified atom stereocenters. The molecule has 3 rings (SSSR count). The van der Waals surface area contributed by atoms with Crippen LogP contribution in [0.2, 0.25) is 0 Å². The molecule has 1 heterocycles. The van der Waals surface area contributed by atoms with Gasteiger partial charge in [0.05, 0.1) is 16.6 Å². The maximum absolute atomic E-state index is 12.7. The highest BCUT2D eigenvalue weighted by molar-refractivity contribution is 5.91. The molecule has 0 aliphatic heterocycles. The standard InChI is InChI=1S/C18H17N3O3/c1-12-19-16-6-4-3-5-15(16)18(23)21(12)14-9-7-13(8-10-14)20-17(22)11-24-2/h3-10H,11H2,1-2H3,(H,20,22). The molecule has 0 bridgehead atoms. The SMILES string of the molecule is COCC(=O)Nc1ccc(-n2c(C)nc3ccccc3c2=O)cc1. The van der Waals surface area contributed by atoms with Crippen LogP contribution in [0.1, 0.15) is 5.82 Å². The number of ether oxygens (including phenoxy) is 1. The van der Waals surface area contributed by atoms with Crippen LogP contribution in [0.3, 0.4) is 0 Å². The molecule has 0 fully saturated rings. The Hall–Kier alpha value is -2.99. The summed E-state index contributed by atoms with van der Waals surface area (Å²) >= 11 is 0. The number of nitrogens with zero attached hydrogens (tertiary/aromatic N) is 2. The second kappa shape index (κ2) is 6.64. The van der Waals surface area contributed by atoms with Crippen LogP contribution < -0.4 is 10.9 Å². The van der Waals surface area contributed by atoms with Crippen molar-refractivity contribution in [3.63, 3.8) is 0 Å². The summed E-state index contributed by atoms with van der Waals surface area (Å²) in [6.07, 6.45) is 0. The lowest BCUT2D eigenvalue weighted by molar-refractivity contribution is -0.119. The first-order valence-electron chi connectivity index (χ1n) is 7.48. The van der Waals surface area contributed by atoms with Gasteiger partial charge in [0.15, 0.2) is 0 Å². The van der Waals surface area contributed by atoms with Gasteiger partial charge in [0.2, 0.25) is 5.91 Å². The van der Waals surface area contributed by atoms with E-state index in [0.717, 1.165) is 0 Å². The third-order valence-electron chi connectivity index (χ3n) is 3.63. The molecule has 0 atom stereocenters. The normalized spacial score (nSPS) is 10.8. The van der Waals surface area contributed by atoms with E-state index in [9.17, 15) is 9.59 Å². The lowest BCUT2D eigenvalue weighted by atomic mass is 10.2. The number of aromatic nitrogens is 2. The van der Waals surface area contributed by atoms with Gasteiger partial charge < -0.3 is 10.1 Å². The number of nitrogens with one attached hydrogen (secondary N) is 1. The zero-order chi connectivity index (χ0) is 17.1. The molecular weight excluding hydrogens is 306 g/mol. The number of benzene rings is 2. The molecule has 6 heteroatoms. The monoisotopic (exact) mass is 323 g/mol. The number of anilines is 1. The van der Waals surface area contributed by atoms with E-state index in [4.69, 9.17) is 4.74 Å². The number of carbonyl (C=O) groups is 1. The molecule has 1 amide bonds. The molecular formula is C18H17N3O3. The molecule has 0 saturated heterocycles. The molecule has 0 aliphatic carbocycles. The fraction of sp³-hybridized carbons (Fsp3) is 0.167. The van der Waals surface area contributed by atoms with Gasteiger partial charge in [0.25, 0.3) is 5.56 Å². The Labute approximate surface area is 138 Å². The van der Waals surface area contributed by atoms with Crippen LogP contribution in [0.15, 0.2) is 53.3 Å². The molecule has 0 spiro atoms. The van der Waals surface area contributed by atoms with Gasteiger partial charge in [0.1, 0.15) is 12.4 Å². The summed E-state index contributed by atoms with van der Waals surface area (Å²) in [5.41, 5.74) is 1.90. The third kappa shape index (κ3) is 3.04. The van der Waals surface area contributed by atoms with Crippen LogP contribution in [-0.4, -0.2) is 29.2 Å². The number of carbonyl (C=O) groups excluding carboxylic acids is 1. The van der Waals surface area contributed by atoms with Crippen molar-refractivity contribution < 1.29 is 9.53 Å². The highest BCUT2D eigenvalue weighted by Gasteiger charge is 2.09. The van der Waals surface area contributed by atoms with Crippen molar-refractivity contribution in [1.82, 2.24) is 9.55 Å². The first kappa shape index (κ1) is 15.9. The van der Waals surface area contributed by atoms with E-state index in [2.05, 4.69) is 10.3 Å². The van der Waals surface area contributed by atoms with Crippen molar-refractivity contribution in [2.24, 2.45) is 0 Å². The maximum atomic E-state index is 12.7. The molecule has 1 aromatic heterocycles. The summed E-state index contributed by atoms with van der Waals surface area (Å²) in [5.74, 6) is 0.376. The summed E-state index contributed by atoms with van der Waals surface area (Å²) in [6.45, 7) is 1.79. The molecule has 6 nitrogen and oxygen atoms in total. The van der Waals surface area contributed by atoms with Gasteiger partial charge in [-0.05, 0) is 43.3 Å². The van der Waals surface area contributed by atoms with Crippen molar-refractivity contribution in [3.05, 3.63) is 64.7 Å². The predicted molar refractivity (Wildman–Crippen MR) is 92.6 cm³/mol. The van der Waals surface area contributed by atoms with E-state index in [-0.39, 0.29) is 18.1 Å². The number of para-hydroxylation sites is 1. The largest absolute Gasteiger partial charge is 0.375 e. The number of fused-ring (bicyclic) bond motifs is 1. The average molecular weight is 323 g/mol. The average Bonchev–Trinajstić information content (AvgIpc) is 2.56. The number of rotatable bonds is 4. The second-order valence-electron chi connectivity index (χ2n) is 5.34. The topological polar surface area (TPSA) is 73.2 Å². The summed E-state index contributed by atoms with van der Waals surface area (Å²) < 4.78 is 6.33. The lowest BCUT2D eigenvalue weighted by Crippen LogP contribution is -2.22. The molecule has 0 radical (unpaired) electrons. The minimum atomic E-state index is -0.231. The first-order valence-corrected chi connectivity index (χ1v) is 7.48. The summed E-state index contributed by atoms with van der Waals surface area (Å²) in [4.78, 5) is 28.7. The minimum absolute atomic E-state index is 0.00505. The molecule has 24 heavy (non-hydrogen) atoms. The van der Waals surface area contributed by atoms with Crippen molar-refractivity contribution >= 4 is 22.5 Å². The quantitative estimate of drug-likeness (QED) is 0.799. The molecule has 122 valence electrons. The highest BCUT2D eigenvalue weighted by Crippen LogP contribution is 2.15. The van der Waals surface area contributed by atoms with Gasteiger partial charge in [-0.2, -0.15) is 0 Å². The number of hydrogen-bond acceptors (Lipinski definition) is 4. The summed E-state index contributed by atoms with van der Waals surface area (Å²) in [7, 11) is 1.46. The van der Waals surface area contributed by atoms with Gasteiger partial charge in [-0.25, -0.2) is 4.98 Å². The van der Waals surface area contributed by atoms with Crippen LogP contribution in [-0.2, 0) is 9.53 Å². The zero-order valence-corrected chi connectivity index (χ0v) is 13.4. The zero-order valence-electron chi connectivity index (χ0n) is 13.4. The van der Waals surface area contributed by atoms with Crippen LogP contribution in [0.4, 0.5) is 5.69 Å². The minimum Gasteiger partial charge on any atom is -0.375 e. The Morgan fingerprint density at radius 1 is 1.17 bits per heavy atom. The summed E-state index contributed by atoms with van der Waals surface area (Å²) in [5, 5.41) is 3.28. The Morgan fingerprint density at radius 2 is 1.88 bits per heavy atom. The van der Waals surface area contributed by atoms with Crippen LogP contribution >= 0.6 is 0 Å². The van der Waals surface area contributed by atoms with Crippen LogP contribution in [0.25, 0.3) is 16.6 Å². The van der Waals surface area contributed by atoms with Crippen molar-refractivity contribution in [2.75, 3.05) is 19.0 Å². The number of methoxy groups -OCH3 is 1. The van der Waals surface area contributed by atoms with E-state index in [1.807, 2.05) is 18.2 Å². The Morgan fingerprint density at radius 3 is 2.58 bits per heavy atom. The van der Waals surface area contributed by atoms with Gasteiger partial charge in [-0.3, -0.25) is 14.2 Å². The van der Waals surface area contributed by atoms with Gasteiger partial charge in [-0.15, -0.1) is 0 Å². The Bertz CT molecular complexity index is 946. The second-order valence-corrected chi connectivity index (χ2v) is 5.34. The fourth-order valence-corrected chi connectivity index (χ4v) is 2.57. The predicted octanol–water partition coefficient (Wildman–Crippen LogP) is 2.28. The maximum Gasteiger partial charge on any atom is 0.265 e. The molecule has 0 aliphatic rings. The number of hydrogen-bond donors (Lipinski definition) is 1. The van der Waals surface area contributed by atoms with Crippen LogP contribution in [0, 0.1) is 6.92 Å². The van der Waals surface area contributed by atoms with Crippen molar-refractivity contribution in [2.45, 2.75) is 6.92 Å². The van der Waals surface area contributed by atoms with E-state index in [1.165, 1.54) is 7.11 Å². The van der Waals surface area contributed by atoms with E-state index in [0.29, 0.717) is 28.1 Å². The summed E-state index contributed by atoms with van der Waals surface area (Å²) in [6, 6.07) is 14.3. The first-order chi connectivity index (χ1) is 11.6. The van der Waals surface area contributed by atoms with Gasteiger partial charge >= 0.3 is 0 Å². The van der Waals surface area contributed by atoms with E-state index >= 15 is 0 Å². The highest BCUT2D eigenvalue weighted by atomic mass is 16.5. The smallest absolute Gasteiger partial charge is 0.265 e. The Kier molecular flexibility index (Phi) is 4.39. The fourth-order valence-electron chi connectivity index (χ4n) is 2.57. The third-order valence-corrected chi connectivity index (χ3v) is 3.63. The molecule has 0 saturated carbocycles. The molecule has 1 N–H and O–H groups in total.